The van der Waals surface area contributed by atoms with Crippen molar-refractivity contribution in [3.8, 4) is 6.07 Å². The van der Waals surface area contributed by atoms with Crippen molar-refractivity contribution in [2.75, 3.05) is 26.2 Å². The maximum Gasteiger partial charge on any atom is 0.252 e. The van der Waals surface area contributed by atoms with Crippen molar-refractivity contribution >= 4 is 15.9 Å². The number of amides is 1. The Morgan fingerprint density at radius 1 is 1.19 bits per heavy atom. The van der Waals surface area contributed by atoms with Crippen molar-refractivity contribution in [2.45, 2.75) is 25.3 Å². The highest BCUT2D eigenvalue weighted by atomic mass is 32.2. The van der Waals surface area contributed by atoms with Crippen LogP contribution in [0.1, 0.15) is 17.0 Å². The molecule has 0 bridgehead atoms. The minimum absolute atomic E-state index is 0.00658. The molecule has 0 aliphatic carbocycles. The summed E-state index contributed by atoms with van der Waals surface area (Å²) in [6.07, 6.45) is 1.33. The fraction of sp³-hybridized carbons (Fsp3) is 0.412. The molecule has 1 aliphatic rings. The van der Waals surface area contributed by atoms with Crippen LogP contribution in [-0.2, 0) is 21.4 Å². The first kappa shape index (κ1) is 19.0. The Kier molecular flexibility index (Phi) is 5.25. The molecule has 1 fully saturated rings. The fourth-order valence-corrected chi connectivity index (χ4v) is 4.37. The van der Waals surface area contributed by atoms with Gasteiger partial charge in [0, 0.05) is 26.2 Å². The van der Waals surface area contributed by atoms with Crippen LogP contribution in [-0.4, -0.2) is 64.5 Å². The molecular weight excluding hydrogens is 368 g/mol. The summed E-state index contributed by atoms with van der Waals surface area (Å²) in [4.78, 5) is 18.0. The Balaban J connectivity index is 1.63. The Hall–Kier alpha value is -2.77. The van der Waals surface area contributed by atoms with Gasteiger partial charge in [0.05, 0.1) is 4.90 Å². The standard InChI is InChI=1S/C17H20N6O3S/c1-13-3-4-15(9-14(13)2)27(25,26)23-7-5-21(6-8-23)17(24)11-22-12-19-16(10-18)20-22/h3-4,9,12H,5-8,11H2,1-2H3. The average Bonchev–Trinajstić information content (AvgIpc) is 3.11. The van der Waals surface area contributed by atoms with Gasteiger partial charge in [0.25, 0.3) is 5.82 Å². The van der Waals surface area contributed by atoms with E-state index < -0.39 is 10.0 Å². The van der Waals surface area contributed by atoms with Gasteiger partial charge in [-0.25, -0.2) is 18.1 Å². The molecule has 2 aromatic rings. The molecule has 0 radical (unpaired) electrons. The Bertz CT molecular complexity index is 1000. The number of hydrogen-bond donors (Lipinski definition) is 0. The second-order valence-electron chi connectivity index (χ2n) is 6.41. The maximum absolute atomic E-state index is 12.8. The molecule has 3 rings (SSSR count). The first-order valence-electron chi connectivity index (χ1n) is 8.46. The van der Waals surface area contributed by atoms with Gasteiger partial charge < -0.3 is 4.90 Å². The summed E-state index contributed by atoms with van der Waals surface area (Å²) in [6.45, 7) is 4.88. The van der Waals surface area contributed by atoms with Gasteiger partial charge in [-0.2, -0.15) is 9.57 Å². The third-order valence-electron chi connectivity index (χ3n) is 4.64. The molecule has 1 saturated heterocycles. The Labute approximate surface area is 157 Å². The summed E-state index contributed by atoms with van der Waals surface area (Å²) in [5, 5.41) is 12.6. The third-order valence-corrected chi connectivity index (χ3v) is 6.54. The lowest BCUT2D eigenvalue weighted by atomic mass is 10.1. The van der Waals surface area contributed by atoms with E-state index in [1.807, 2.05) is 13.8 Å². The zero-order chi connectivity index (χ0) is 19.6. The highest BCUT2D eigenvalue weighted by molar-refractivity contribution is 7.89. The molecule has 1 aliphatic heterocycles. The monoisotopic (exact) mass is 388 g/mol. The summed E-state index contributed by atoms with van der Waals surface area (Å²) >= 11 is 0. The lowest BCUT2D eigenvalue weighted by Crippen LogP contribution is -2.51. The summed E-state index contributed by atoms with van der Waals surface area (Å²) in [5.74, 6) is -0.181. The first-order chi connectivity index (χ1) is 12.8. The van der Waals surface area contributed by atoms with E-state index in [0.29, 0.717) is 13.1 Å². The number of nitriles is 1. The van der Waals surface area contributed by atoms with Crippen LogP contribution < -0.4 is 0 Å². The number of benzene rings is 1. The number of nitrogens with zero attached hydrogens (tertiary/aromatic N) is 6. The molecule has 1 aromatic heterocycles. The van der Waals surface area contributed by atoms with Crippen molar-refractivity contribution < 1.29 is 13.2 Å². The van der Waals surface area contributed by atoms with Gasteiger partial charge in [0.2, 0.25) is 15.9 Å². The second kappa shape index (κ2) is 7.46. The Morgan fingerprint density at radius 3 is 2.48 bits per heavy atom. The van der Waals surface area contributed by atoms with Gasteiger partial charge in [-0.05, 0) is 37.1 Å². The van der Waals surface area contributed by atoms with Gasteiger partial charge in [0.15, 0.2) is 0 Å². The van der Waals surface area contributed by atoms with E-state index >= 15 is 0 Å². The molecule has 10 heteroatoms. The minimum atomic E-state index is -3.58. The van der Waals surface area contributed by atoms with Gasteiger partial charge >= 0.3 is 0 Å². The number of rotatable bonds is 4. The molecule has 2 heterocycles. The average molecular weight is 388 g/mol. The maximum atomic E-state index is 12.8. The van der Waals surface area contributed by atoms with Crippen LogP contribution in [0, 0.1) is 25.2 Å². The SMILES string of the molecule is Cc1ccc(S(=O)(=O)N2CCN(C(=O)Cn3cnc(C#N)n3)CC2)cc1C. The number of carbonyl (C=O) groups is 1. The predicted molar refractivity (Wildman–Crippen MR) is 96.0 cm³/mol. The van der Waals surface area contributed by atoms with Crippen molar-refractivity contribution in [1.29, 1.82) is 5.26 Å². The van der Waals surface area contributed by atoms with Crippen LogP contribution in [0.15, 0.2) is 29.4 Å². The van der Waals surface area contributed by atoms with Crippen molar-refractivity contribution in [3.63, 3.8) is 0 Å². The lowest BCUT2D eigenvalue weighted by molar-refractivity contribution is -0.133. The third kappa shape index (κ3) is 3.99. The number of carbonyl (C=O) groups excluding carboxylic acids is 1. The largest absolute Gasteiger partial charge is 0.338 e. The molecule has 0 spiro atoms. The fourth-order valence-electron chi connectivity index (χ4n) is 2.86. The molecule has 0 unspecified atom stereocenters. The van der Waals surface area contributed by atoms with Crippen LogP contribution in [0.25, 0.3) is 0 Å². The van der Waals surface area contributed by atoms with E-state index in [1.165, 1.54) is 15.3 Å². The highest BCUT2D eigenvalue weighted by Crippen LogP contribution is 2.20. The van der Waals surface area contributed by atoms with E-state index in [9.17, 15) is 13.2 Å². The summed E-state index contributed by atoms with van der Waals surface area (Å²) in [5.41, 5.74) is 1.96. The minimum Gasteiger partial charge on any atom is -0.338 e. The molecule has 1 amide bonds. The first-order valence-corrected chi connectivity index (χ1v) is 9.90. The van der Waals surface area contributed by atoms with Crippen LogP contribution in [0.4, 0.5) is 0 Å². The van der Waals surface area contributed by atoms with Crippen LogP contribution in [0.2, 0.25) is 0 Å². The predicted octanol–water partition coefficient (Wildman–Crippen LogP) is 0.300. The normalized spacial score (nSPS) is 15.5. The number of piperazine rings is 1. The molecule has 142 valence electrons. The van der Waals surface area contributed by atoms with Crippen LogP contribution in [0.3, 0.4) is 0 Å². The molecule has 0 N–H and O–H groups in total. The van der Waals surface area contributed by atoms with Crippen molar-refractivity contribution in [1.82, 2.24) is 24.0 Å². The number of aryl methyl sites for hydroxylation is 2. The molecule has 0 atom stereocenters. The molecule has 27 heavy (non-hydrogen) atoms. The van der Waals surface area contributed by atoms with Gasteiger partial charge in [-0.1, -0.05) is 6.07 Å². The lowest BCUT2D eigenvalue weighted by Gasteiger charge is -2.34. The number of sulfonamides is 1. The van der Waals surface area contributed by atoms with E-state index in [0.717, 1.165) is 11.1 Å². The zero-order valence-electron chi connectivity index (χ0n) is 15.2. The summed E-state index contributed by atoms with van der Waals surface area (Å²) < 4.78 is 28.4. The van der Waals surface area contributed by atoms with Gasteiger partial charge in [0.1, 0.15) is 18.9 Å². The van der Waals surface area contributed by atoms with Gasteiger partial charge in [-0.3, -0.25) is 4.79 Å². The molecule has 1 aromatic carbocycles. The van der Waals surface area contributed by atoms with Crippen molar-refractivity contribution in [2.24, 2.45) is 0 Å². The highest BCUT2D eigenvalue weighted by Gasteiger charge is 2.30. The van der Waals surface area contributed by atoms with Crippen molar-refractivity contribution in [3.05, 3.63) is 41.5 Å². The number of aromatic nitrogens is 3. The van der Waals surface area contributed by atoms with Crippen LogP contribution in [0.5, 0.6) is 0 Å². The Morgan fingerprint density at radius 2 is 1.89 bits per heavy atom. The van der Waals surface area contributed by atoms with Gasteiger partial charge in [-0.15, -0.1) is 5.10 Å². The molecular formula is C17H20N6O3S. The van der Waals surface area contributed by atoms with Crippen LogP contribution >= 0.6 is 0 Å². The quantitative estimate of drug-likeness (QED) is 0.745. The smallest absolute Gasteiger partial charge is 0.252 e. The molecule has 9 nitrogen and oxygen atoms in total. The topological polar surface area (TPSA) is 112 Å². The van der Waals surface area contributed by atoms with E-state index in [1.54, 1.807) is 29.2 Å². The van der Waals surface area contributed by atoms with E-state index in [-0.39, 0.29) is 36.3 Å². The number of hydrogen-bond acceptors (Lipinski definition) is 6. The second-order valence-corrected chi connectivity index (χ2v) is 8.35. The summed E-state index contributed by atoms with van der Waals surface area (Å²) in [6, 6.07) is 6.90. The van der Waals surface area contributed by atoms with E-state index in [4.69, 9.17) is 5.26 Å². The van der Waals surface area contributed by atoms with E-state index in [2.05, 4.69) is 10.1 Å². The molecule has 0 saturated carbocycles. The zero-order valence-corrected chi connectivity index (χ0v) is 16.0. The summed E-state index contributed by atoms with van der Waals surface area (Å²) in [7, 11) is -3.58.